The molecule has 0 spiro atoms. The van der Waals surface area contributed by atoms with E-state index < -0.39 is 22.9 Å². The number of hydrogen-bond acceptors (Lipinski definition) is 6. The summed E-state index contributed by atoms with van der Waals surface area (Å²) in [4.78, 5) is 34.8. The van der Waals surface area contributed by atoms with Gasteiger partial charge in [-0.1, -0.05) is 12.2 Å². The molecule has 1 aliphatic carbocycles. The van der Waals surface area contributed by atoms with E-state index in [4.69, 9.17) is 9.47 Å². The lowest BCUT2D eigenvalue weighted by Crippen LogP contribution is -2.32. The first-order valence-corrected chi connectivity index (χ1v) is 7.91. The number of nitrogens with zero attached hydrogens (tertiary/aromatic N) is 1. The van der Waals surface area contributed by atoms with E-state index in [0.29, 0.717) is 18.6 Å². The summed E-state index contributed by atoms with van der Waals surface area (Å²) in [5.41, 5.74) is -0.289. The van der Waals surface area contributed by atoms with E-state index in [2.05, 4.69) is 5.32 Å². The molecule has 0 unspecified atom stereocenters. The first-order valence-electron chi connectivity index (χ1n) is 7.91. The summed E-state index contributed by atoms with van der Waals surface area (Å²) in [6.07, 6.45) is 4.95. The molecule has 0 saturated heterocycles. The van der Waals surface area contributed by atoms with Crippen molar-refractivity contribution in [1.29, 1.82) is 0 Å². The number of nitrogens with one attached hydrogen (secondary N) is 1. The fraction of sp³-hybridized carbons (Fsp3) is 0.412. The van der Waals surface area contributed by atoms with E-state index >= 15 is 0 Å². The number of carbonyl (C=O) groups excluding carboxylic acids is 2. The fourth-order valence-corrected chi connectivity index (χ4v) is 2.46. The SMILES string of the molecule is COc1ccc(NC(=O)[C@@H](C)OC(=O)[C@H]2CC=CCC2)c([N+](=O)[O-])c1. The Bertz CT molecular complexity index is 700. The normalized spacial score (nSPS) is 17.4. The predicted molar refractivity (Wildman–Crippen MR) is 90.3 cm³/mol. The van der Waals surface area contributed by atoms with Gasteiger partial charge in [-0.05, 0) is 38.3 Å². The molecule has 2 rings (SSSR count). The number of ether oxygens (including phenoxy) is 2. The molecule has 134 valence electrons. The predicted octanol–water partition coefficient (Wildman–Crippen LogP) is 2.83. The smallest absolute Gasteiger partial charge is 0.310 e. The van der Waals surface area contributed by atoms with E-state index in [1.165, 1.54) is 32.2 Å². The lowest BCUT2D eigenvalue weighted by molar-refractivity contribution is -0.384. The second kappa shape index (κ2) is 8.27. The second-order valence-corrected chi connectivity index (χ2v) is 5.69. The molecule has 25 heavy (non-hydrogen) atoms. The van der Waals surface area contributed by atoms with Crippen LogP contribution in [-0.2, 0) is 14.3 Å². The zero-order valence-corrected chi connectivity index (χ0v) is 14.1. The first kappa shape index (κ1) is 18.4. The highest BCUT2D eigenvalue weighted by Gasteiger charge is 2.26. The van der Waals surface area contributed by atoms with Crippen LogP contribution in [-0.4, -0.2) is 30.0 Å². The van der Waals surface area contributed by atoms with Gasteiger partial charge in [-0.25, -0.2) is 0 Å². The summed E-state index contributed by atoms with van der Waals surface area (Å²) in [6.45, 7) is 1.43. The van der Waals surface area contributed by atoms with Crippen molar-refractivity contribution in [2.75, 3.05) is 12.4 Å². The number of hydrogen-bond donors (Lipinski definition) is 1. The molecule has 1 aromatic rings. The van der Waals surface area contributed by atoms with Crippen LogP contribution in [0.5, 0.6) is 5.75 Å². The molecule has 0 saturated carbocycles. The average Bonchev–Trinajstić information content (AvgIpc) is 2.62. The van der Waals surface area contributed by atoms with Gasteiger partial charge >= 0.3 is 5.97 Å². The Morgan fingerprint density at radius 1 is 1.36 bits per heavy atom. The number of esters is 1. The Labute approximate surface area is 145 Å². The standard InChI is InChI=1S/C17H20N2O6/c1-11(25-17(21)12-6-4-3-5-7-12)16(20)18-14-9-8-13(24-2)10-15(14)19(22)23/h3-4,8-12H,5-7H2,1-2H3,(H,18,20)/t11-,12+/m1/s1. The van der Waals surface area contributed by atoms with Crippen molar-refractivity contribution in [2.24, 2.45) is 5.92 Å². The monoisotopic (exact) mass is 348 g/mol. The Morgan fingerprint density at radius 3 is 2.72 bits per heavy atom. The maximum Gasteiger partial charge on any atom is 0.310 e. The van der Waals surface area contributed by atoms with Crippen molar-refractivity contribution < 1.29 is 24.0 Å². The van der Waals surface area contributed by atoms with Gasteiger partial charge in [-0.3, -0.25) is 19.7 Å². The lowest BCUT2D eigenvalue weighted by atomic mass is 9.95. The fourth-order valence-electron chi connectivity index (χ4n) is 2.46. The van der Waals surface area contributed by atoms with Gasteiger partial charge in [-0.2, -0.15) is 0 Å². The highest BCUT2D eigenvalue weighted by Crippen LogP contribution is 2.29. The Kier molecular flexibility index (Phi) is 6.10. The molecule has 8 heteroatoms. The van der Waals surface area contributed by atoms with Gasteiger partial charge in [0.15, 0.2) is 6.10 Å². The van der Waals surface area contributed by atoms with Crippen LogP contribution in [0.2, 0.25) is 0 Å². The highest BCUT2D eigenvalue weighted by atomic mass is 16.6. The highest BCUT2D eigenvalue weighted by molar-refractivity contribution is 5.97. The Balaban J connectivity index is 2.02. The second-order valence-electron chi connectivity index (χ2n) is 5.69. The molecule has 2 atom stereocenters. The maximum absolute atomic E-state index is 12.2. The first-order chi connectivity index (χ1) is 11.9. The number of allylic oxidation sites excluding steroid dienone is 2. The van der Waals surface area contributed by atoms with Crippen molar-refractivity contribution >= 4 is 23.3 Å². The number of nitro benzene ring substituents is 1. The number of carbonyl (C=O) groups is 2. The van der Waals surface area contributed by atoms with Gasteiger partial charge < -0.3 is 14.8 Å². The number of nitro groups is 1. The van der Waals surface area contributed by atoms with Crippen LogP contribution in [0.15, 0.2) is 30.4 Å². The van der Waals surface area contributed by atoms with Crippen molar-refractivity contribution in [3.63, 3.8) is 0 Å². The van der Waals surface area contributed by atoms with Crippen LogP contribution >= 0.6 is 0 Å². The Hall–Kier alpha value is -2.90. The van der Waals surface area contributed by atoms with Gasteiger partial charge in [-0.15, -0.1) is 0 Å². The number of methoxy groups -OCH3 is 1. The zero-order valence-electron chi connectivity index (χ0n) is 14.1. The van der Waals surface area contributed by atoms with Crippen molar-refractivity contribution in [3.8, 4) is 5.75 Å². The zero-order chi connectivity index (χ0) is 18.4. The summed E-state index contributed by atoms with van der Waals surface area (Å²) in [5, 5.41) is 13.6. The molecule has 8 nitrogen and oxygen atoms in total. The van der Waals surface area contributed by atoms with E-state index in [1.807, 2.05) is 12.2 Å². The molecule has 1 aliphatic rings. The van der Waals surface area contributed by atoms with Crippen molar-refractivity contribution in [2.45, 2.75) is 32.3 Å². The van der Waals surface area contributed by atoms with Gasteiger partial charge in [0.2, 0.25) is 0 Å². The van der Waals surface area contributed by atoms with E-state index in [-0.39, 0.29) is 17.3 Å². The van der Waals surface area contributed by atoms with E-state index in [0.717, 1.165) is 6.42 Å². The maximum atomic E-state index is 12.2. The molecule has 0 heterocycles. The quantitative estimate of drug-likeness (QED) is 0.366. The third-order valence-corrected chi connectivity index (χ3v) is 3.92. The number of rotatable bonds is 6. The van der Waals surface area contributed by atoms with Crippen molar-refractivity contribution in [3.05, 3.63) is 40.5 Å². The van der Waals surface area contributed by atoms with Crippen LogP contribution in [0.3, 0.4) is 0 Å². The summed E-state index contributed by atoms with van der Waals surface area (Å²) in [6, 6.07) is 4.07. The molecule has 0 fully saturated rings. The number of benzene rings is 1. The molecular weight excluding hydrogens is 328 g/mol. The average molecular weight is 348 g/mol. The molecule has 1 amide bonds. The molecule has 0 radical (unpaired) electrons. The van der Waals surface area contributed by atoms with Crippen LogP contribution in [0.25, 0.3) is 0 Å². The minimum atomic E-state index is -1.06. The minimum absolute atomic E-state index is 0.0132. The number of amides is 1. The van der Waals surface area contributed by atoms with Gasteiger partial charge in [0, 0.05) is 0 Å². The largest absolute Gasteiger partial charge is 0.496 e. The summed E-state index contributed by atoms with van der Waals surface area (Å²) in [5.74, 6) is -1.02. The van der Waals surface area contributed by atoms with Gasteiger partial charge in [0.05, 0.1) is 24.0 Å². The van der Waals surface area contributed by atoms with Gasteiger partial charge in [0.1, 0.15) is 11.4 Å². The molecule has 1 N–H and O–H groups in total. The van der Waals surface area contributed by atoms with Crippen molar-refractivity contribution in [1.82, 2.24) is 0 Å². The molecule has 0 aromatic heterocycles. The van der Waals surface area contributed by atoms with Crippen LogP contribution in [0.1, 0.15) is 26.2 Å². The summed E-state index contributed by atoms with van der Waals surface area (Å²) in [7, 11) is 1.39. The minimum Gasteiger partial charge on any atom is -0.496 e. The van der Waals surface area contributed by atoms with Crippen LogP contribution in [0, 0.1) is 16.0 Å². The molecule has 0 bridgehead atoms. The van der Waals surface area contributed by atoms with E-state index in [1.54, 1.807) is 0 Å². The molecule has 0 aliphatic heterocycles. The van der Waals surface area contributed by atoms with Crippen LogP contribution < -0.4 is 10.1 Å². The molecular formula is C17H20N2O6. The third-order valence-electron chi connectivity index (χ3n) is 3.92. The van der Waals surface area contributed by atoms with Crippen LogP contribution in [0.4, 0.5) is 11.4 Å². The summed E-state index contributed by atoms with van der Waals surface area (Å²) >= 11 is 0. The third kappa shape index (κ3) is 4.79. The molecule has 1 aromatic carbocycles. The topological polar surface area (TPSA) is 108 Å². The number of anilines is 1. The van der Waals surface area contributed by atoms with E-state index in [9.17, 15) is 19.7 Å². The lowest BCUT2D eigenvalue weighted by Gasteiger charge is -2.19. The summed E-state index contributed by atoms with van der Waals surface area (Å²) < 4.78 is 10.1. The Morgan fingerprint density at radius 2 is 2.12 bits per heavy atom. The van der Waals surface area contributed by atoms with Gasteiger partial charge in [0.25, 0.3) is 11.6 Å².